The van der Waals surface area contributed by atoms with E-state index in [0.717, 1.165) is 25.7 Å². The molecule has 3 heteroatoms. The molecule has 0 spiro atoms. The number of unbranched alkanes of at least 4 members (excludes halogenated alkanes) is 1. The summed E-state index contributed by atoms with van der Waals surface area (Å²) in [6.07, 6.45) is 4.90. The third kappa shape index (κ3) is 5.75. The van der Waals surface area contributed by atoms with Gasteiger partial charge in [-0.2, -0.15) is 0 Å². The Hall–Kier alpha value is -0.830. The maximum atomic E-state index is 11.2. The van der Waals surface area contributed by atoms with Gasteiger partial charge in [0.25, 0.3) is 0 Å². The summed E-state index contributed by atoms with van der Waals surface area (Å²) in [4.78, 5) is 11.2. The molecule has 0 N–H and O–H groups in total. The minimum Gasteiger partial charge on any atom is -0.467 e. The average molecular weight is 200 g/mol. The van der Waals surface area contributed by atoms with Crippen molar-refractivity contribution in [2.24, 2.45) is 0 Å². The van der Waals surface area contributed by atoms with Gasteiger partial charge in [-0.15, -0.1) is 6.58 Å². The van der Waals surface area contributed by atoms with Gasteiger partial charge in [-0.3, -0.25) is 0 Å². The number of hydrogen-bond acceptors (Lipinski definition) is 3. The van der Waals surface area contributed by atoms with Gasteiger partial charge in [-0.1, -0.05) is 25.8 Å². The third-order valence-corrected chi connectivity index (χ3v) is 1.92. The van der Waals surface area contributed by atoms with Gasteiger partial charge < -0.3 is 9.47 Å². The molecule has 1 atom stereocenters. The first-order chi connectivity index (χ1) is 6.76. The molecule has 0 amide bonds. The van der Waals surface area contributed by atoms with Crippen molar-refractivity contribution in [3.05, 3.63) is 12.7 Å². The Morgan fingerprint density at radius 2 is 2.29 bits per heavy atom. The van der Waals surface area contributed by atoms with E-state index in [9.17, 15) is 4.79 Å². The maximum absolute atomic E-state index is 11.2. The maximum Gasteiger partial charge on any atom is 0.334 e. The molecule has 0 aliphatic rings. The van der Waals surface area contributed by atoms with Gasteiger partial charge in [-0.05, 0) is 12.8 Å². The van der Waals surface area contributed by atoms with E-state index in [1.807, 2.05) is 0 Å². The van der Waals surface area contributed by atoms with E-state index in [0.29, 0.717) is 6.61 Å². The highest BCUT2D eigenvalue weighted by Gasteiger charge is 2.18. The van der Waals surface area contributed by atoms with Crippen LogP contribution in [0.2, 0.25) is 0 Å². The van der Waals surface area contributed by atoms with Crippen molar-refractivity contribution in [1.82, 2.24) is 0 Å². The van der Waals surface area contributed by atoms with Gasteiger partial charge in [0.1, 0.15) is 0 Å². The highest BCUT2D eigenvalue weighted by molar-refractivity contribution is 5.74. The summed E-state index contributed by atoms with van der Waals surface area (Å²) >= 11 is 0. The lowest BCUT2D eigenvalue weighted by Crippen LogP contribution is -2.26. The molecule has 0 heterocycles. The predicted octanol–water partition coefficient (Wildman–Crippen LogP) is 2.31. The van der Waals surface area contributed by atoms with Crippen LogP contribution in [0, 0.1) is 0 Å². The molecule has 0 radical (unpaired) electrons. The molecule has 0 aromatic rings. The fourth-order valence-electron chi connectivity index (χ4n) is 1.08. The van der Waals surface area contributed by atoms with Gasteiger partial charge in [0.15, 0.2) is 6.10 Å². The van der Waals surface area contributed by atoms with Crippen molar-refractivity contribution in [3.8, 4) is 0 Å². The highest BCUT2D eigenvalue weighted by Crippen LogP contribution is 2.07. The lowest BCUT2D eigenvalue weighted by molar-refractivity contribution is -0.154. The van der Waals surface area contributed by atoms with E-state index in [4.69, 9.17) is 4.74 Å². The Labute approximate surface area is 86.1 Å². The first kappa shape index (κ1) is 13.2. The van der Waals surface area contributed by atoms with Crippen LogP contribution >= 0.6 is 0 Å². The minimum atomic E-state index is -0.403. The largest absolute Gasteiger partial charge is 0.467 e. The first-order valence-corrected chi connectivity index (χ1v) is 5.06. The summed E-state index contributed by atoms with van der Waals surface area (Å²) in [6.45, 7) is 6.20. The zero-order valence-corrected chi connectivity index (χ0v) is 9.12. The lowest BCUT2D eigenvalue weighted by Gasteiger charge is -2.14. The molecule has 82 valence electrons. The lowest BCUT2D eigenvalue weighted by atomic mass is 10.1. The van der Waals surface area contributed by atoms with E-state index in [1.54, 1.807) is 6.08 Å². The quantitative estimate of drug-likeness (QED) is 0.342. The fraction of sp³-hybridized carbons (Fsp3) is 0.727. The highest BCUT2D eigenvalue weighted by atomic mass is 16.6. The molecule has 0 saturated heterocycles. The van der Waals surface area contributed by atoms with Crippen LogP contribution in [0.4, 0.5) is 0 Å². The number of methoxy groups -OCH3 is 1. The monoisotopic (exact) mass is 200 g/mol. The van der Waals surface area contributed by atoms with Crippen LogP contribution in [0.15, 0.2) is 12.7 Å². The molecule has 0 aromatic heterocycles. The molecule has 0 saturated carbocycles. The summed E-state index contributed by atoms with van der Waals surface area (Å²) in [5, 5.41) is 0. The van der Waals surface area contributed by atoms with Crippen LogP contribution in [0.5, 0.6) is 0 Å². The smallest absolute Gasteiger partial charge is 0.334 e. The van der Waals surface area contributed by atoms with Crippen LogP contribution in [0.25, 0.3) is 0 Å². The average Bonchev–Trinajstić information content (AvgIpc) is 2.22. The molecule has 0 aliphatic carbocycles. The molecule has 1 unspecified atom stereocenters. The second kappa shape index (κ2) is 8.75. The van der Waals surface area contributed by atoms with Crippen molar-refractivity contribution in [1.29, 1.82) is 0 Å². The van der Waals surface area contributed by atoms with Crippen LogP contribution in [0.3, 0.4) is 0 Å². The zero-order valence-electron chi connectivity index (χ0n) is 9.12. The minimum absolute atomic E-state index is 0.275. The normalized spacial score (nSPS) is 12.1. The standard InChI is InChI=1S/C11H20O3/c1-4-6-8-10(11(12)13-3)14-9-7-5-2/h5,10H,2,4,6-9H2,1,3H3. The summed E-state index contributed by atoms with van der Waals surface area (Å²) in [5.74, 6) is -0.275. The van der Waals surface area contributed by atoms with Gasteiger partial charge in [0.05, 0.1) is 13.7 Å². The second-order valence-corrected chi connectivity index (χ2v) is 3.10. The van der Waals surface area contributed by atoms with E-state index in [-0.39, 0.29) is 5.97 Å². The van der Waals surface area contributed by atoms with E-state index in [2.05, 4.69) is 18.2 Å². The number of carbonyl (C=O) groups excluding carboxylic acids is 1. The summed E-state index contributed by atoms with van der Waals surface area (Å²) in [6, 6.07) is 0. The first-order valence-electron chi connectivity index (χ1n) is 5.06. The molecule has 14 heavy (non-hydrogen) atoms. The van der Waals surface area contributed by atoms with Crippen LogP contribution in [-0.2, 0) is 14.3 Å². The molecule has 0 aromatic carbocycles. The van der Waals surface area contributed by atoms with Crippen molar-refractivity contribution < 1.29 is 14.3 Å². The second-order valence-electron chi connectivity index (χ2n) is 3.10. The molecule has 0 rings (SSSR count). The van der Waals surface area contributed by atoms with Gasteiger partial charge in [0, 0.05) is 0 Å². The zero-order chi connectivity index (χ0) is 10.8. The van der Waals surface area contributed by atoms with Crippen LogP contribution < -0.4 is 0 Å². The Bertz CT molecular complexity index is 166. The molecular formula is C11H20O3. The SMILES string of the molecule is C=CCCOC(CCCC)C(=O)OC. The molecule has 0 aliphatic heterocycles. The van der Waals surface area contributed by atoms with E-state index in [1.165, 1.54) is 7.11 Å². The fourth-order valence-corrected chi connectivity index (χ4v) is 1.08. The number of carbonyl (C=O) groups is 1. The molecule has 0 fully saturated rings. The van der Waals surface area contributed by atoms with Gasteiger partial charge in [0.2, 0.25) is 0 Å². The number of rotatable bonds is 8. The van der Waals surface area contributed by atoms with E-state index >= 15 is 0 Å². The molecule has 0 bridgehead atoms. The summed E-state index contributed by atoms with van der Waals surface area (Å²) in [5.41, 5.74) is 0. The van der Waals surface area contributed by atoms with Gasteiger partial charge >= 0.3 is 5.97 Å². The Kier molecular flexibility index (Phi) is 8.24. The molecule has 3 nitrogen and oxygen atoms in total. The summed E-state index contributed by atoms with van der Waals surface area (Å²) < 4.78 is 10.0. The van der Waals surface area contributed by atoms with Crippen LogP contribution in [-0.4, -0.2) is 25.8 Å². The summed E-state index contributed by atoms with van der Waals surface area (Å²) in [7, 11) is 1.39. The Morgan fingerprint density at radius 3 is 2.79 bits per heavy atom. The number of esters is 1. The van der Waals surface area contributed by atoms with Crippen LogP contribution in [0.1, 0.15) is 32.6 Å². The van der Waals surface area contributed by atoms with Gasteiger partial charge in [-0.25, -0.2) is 4.79 Å². The van der Waals surface area contributed by atoms with Crippen molar-refractivity contribution >= 4 is 5.97 Å². The third-order valence-electron chi connectivity index (χ3n) is 1.92. The van der Waals surface area contributed by atoms with Crippen molar-refractivity contribution in [2.75, 3.05) is 13.7 Å². The Morgan fingerprint density at radius 1 is 1.57 bits per heavy atom. The van der Waals surface area contributed by atoms with E-state index < -0.39 is 6.10 Å². The number of hydrogen-bond donors (Lipinski definition) is 0. The predicted molar refractivity (Wildman–Crippen MR) is 56.1 cm³/mol. The number of ether oxygens (including phenoxy) is 2. The Balaban J connectivity index is 3.83. The van der Waals surface area contributed by atoms with Crippen molar-refractivity contribution in [2.45, 2.75) is 38.7 Å². The topological polar surface area (TPSA) is 35.5 Å². The molecular weight excluding hydrogens is 180 g/mol. The van der Waals surface area contributed by atoms with Crippen molar-refractivity contribution in [3.63, 3.8) is 0 Å².